The molecule has 1 fully saturated rings. The number of benzene rings is 2. The van der Waals surface area contributed by atoms with Crippen LogP contribution in [0.3, 0.4) is 0 Å². The fraction of sp³-hybridized carbons (Fsp3) is 0.286. The average Bonchev–Trinajstić information content (AvgIpc) is 3.18. The summed E-state index contributed by atoms with van der Waals surface area (Å²) in [7, 11) is 1.61. The molecule has 0 bridgehead atoms. The summed E-state index contributed by atoms with van der Waals surface area (Å²) in [6.45, 7) is 3.77. The molecule has 1 aliphatic rings. The van der Waals surface area contributed by atoms with Crippen LogP contribution in [-0.2, 0) is 11.3 Å². The number of hydrogen-bond acceptors (Lipinski definition) is 6. The average molecular weight is 391 g/mol. The van der Waals surface area contributed by atoms with Gasteiger partial charge in [-0.2, -0.15) is 0 Å². The van der Waals surface area contributed by atoms with Crippen molar-refractivity contribution in [3.8, 4) is 11.4 Å². The lowest BCUT2D eigenvalue weighted by Gasteiger charge is -2.25. The Bertz CT molecular complexity index is 1240. The van der Waals surface area contributed by atoms with Crippen LogP contribution in [0.25, 0.3) is 22.4 Å². The van der Waals surface area contributed by atoms with Gasteiger partial charge < -0.3 is 9.47 Å². The molecule has 2 aromatic carbocycles. The molecule has 2 aromatic heterocycles. The zero-order valence-electron chi connectivity index (χ0n) is 16.1. The van der Waals surface area contributed by atoms with Crippen LogP contribution >= 0.6 is 0 Å². The van der Waals surface area contributed by atoms with Gasteiger partial charge >= 0.3 is 0 Å². The van der Waals surface area contributed by atoms with Gasteiger partial charge in [-0.05, 0) is 24.3 Å². The van der Waals surface area contributed by atoms with E-state index in [0.29, 0.717) is 42.4 Å². The van der Waals surface area contributed by atoms with Gasteiger partial charge in [0.15, 0.2) is 5.82 Å². The van der Waals surface area contributed by atoms with E-state index in [1.165, 1.54) is 0 Å². The highest BCUT2D eigenvalue weighted by Gasteiger charge is 2.20. The summed E-state index contributed by atoms with van der Waals surface area (Å²) in [6.07, 6.45) is 0. The van der Waals surface area contributed by atoms with Gasteiger partial charge in [-0.3, -0.25) is 14.1 Å². The van der Waals surface area contributed by atoms with E-state index in [2.05, 4.69) is 15.1 Å². The van der Waals surface area contributed by atoms with Gasteiger partial charge in [0.1, 0.15) is 5.75 Å². The molecular weight excluding hydrogens is 370 g/mol. The maximum atomic E-state index is 13.4. The Labute approximate surface area is 166 Å². The summed E-state index contributed by atoms with van der Waals surface area (Å²) in [5, 5.41) is 9.47. The lowest BCUT2D eigenvalue weighted by atomic mass is 10.2. The van der Waals surface area contributed by atoms with E-state index >= 15 is 0 Å². The predicted molar refractivity (Wildman–Crippen MR) is 109 cm³/mol. The summed E-state index contributed by atoms with van der Waals surface area (Å²) >= 11 is 0. The first kappa shape index (κ1) is 17.8. The summed E-state index contributed by atoms with van der Waals surface area (Å²) in [5.41, 5.74) is 1.36. The highest BCUT2D eigenvalue weighted by Crippen LogP contribution is 2.21. The zero-order chi connectivity index (χ0) is 19.8. The minimum absolute atomic E-state index is 0.133. The maximum absolute atomic E-state index is 13.4. The largest absolute Gasteiger partial charge is 0.497 e. The lowest BCUT2D eigenvalue weighted by Crippen LogP contribution is -2.36. The van der Waals surface area contributed by atoms with Gasteiger partial charge in [0, 0.05) is 19.2 Å². The van der Waals surface area contributed by atoms with Crippen molar-refractivity contribution in [1.29, 1.82) is 0 Å². The van der Waals surface area contributed by atoms with Crippen molar-refractivity contribution in [3.63, 3.8) is 0 Å². The number of nitrogens with zero attached hydrogens (tertiary/aromatic N) is 5. The second-order valence-corrected chi connectivity index (χ2v) is 7.00. The Morgan fingerprint density at radius 2 is 1.90 bits per heavy atom. The van der Waals surface area contributed by atoms with Gasteiger partial charge in [0.25, 0.3) is 5.56 Å². The first-order valence-electron chi connectivity index (χ1n) is 9.58. The van der Waals surface area contributed by atoms with Crippen LogP contribution in [0.5, 0.6) is 5.75 Å². The van der Waals surface area contributed by atoms with Gasteiger partial charge in [-0.1, -0.05) is 18.2 Å². The standard InChI is InChI=1S/C21H21N5O3/c1-28-16-6-4-5-15(13-16)25-20(27)17-7-2-3-8-18(17)26-19(22-23-21(25)26)14-24-9-11-29-12-10-24/h2-8,13H,9-12,14H2,1H3. The van der Waals surface area contributed by atoms with E-state index in [1.807, 2.05) is 52.9 Å². The molecule has 5 rings (SSSR count). The molecule has 0 N–H and O–H groups in total. The fourth-order valence-corrected chi connectivity index (χ4v) is 3.80. The van der Waals surface area contributed by atoms with E-state index in [9.17, 15) is 4.79 Å². The van der Waals surface area contributed by atoms with Crippen LogP contribution in [0, 0.1) is 0 Å². The molecule has 0 aliphatic carbocycles. The number of para-hydroxylation sites is 1. The molecule has 0 amide bonds. The Balaban J connectivity index is 1.76. The van der Waals surface area contributed by atoms with E-state index in [-0.39, 0.29) is 5.56 Å². The molecule has 0 radical (unpaired) electrons. The molecule has 1 aliphatic heterocycles. The van der Waals surface area contributed by atoms with Gasteiger partial charge in [-0.25, -0.2) is 4.57 Å². The monoisotopic (exact) mass is 391 g/mol. The first-order chi connectivity index (χ1) is 14.3. The van der Waals surface area contributed by atoms with Crippen molar-refractivity contribution in [1.82, 2.24) is 24.1 Å². The molecule has 1 saturated heterocycles. The number of rotatable bonds is 4. The summed E-state index contributed by atoms with van der Waals surface area (Å²) in [5.74, 6) is 1.97. The van der Waals surface area contributed by atoms with Crippen molar-refractivity contribution in [2.45, 2.75) is 6.54 Å². The first-order valence-corrected chi connectivity index (χ1v) is 9.58. The molecule has 0 unspecified atom stereocenters. The number of morpholine rings is 1. The molecule has 148 valence electrons. The molecule has 29 heavy (non-hydrogen) atoms. The predicted octanol–water partition coefficient (Wildman–Crippen LogP) is 1.87. The van der Waals surface area contributed by atoms with Crippen molar-refractivity contribution >= 4 is 16.7 Å². The molecule has 8 nitrogen and oxygen atoms in total. The van der Waals surface area contributed by atoms with Crippen LogP contribution in [0.4, 0.5) is 0 Å². The quantitative estimate of drug-likeness (QED) is 0.529. The minimum Gasteiger partial charge on any atom is -0.497 e. The molecular formula is C21H21N5O3. The van der Waals surface area contributed by atoms with E-state index in [0.717, 1.165) is 24.4 Å². The Morgan fingerprint density at radius 1 is 1.07 bits per heavy atom. The third-order valence-corrected chi connectivity index (χ3v) is 5.27. The molecule has 8 heteroatoms. The Morgan fingerprint density at radius 3 is 2.72 bits per heavy atom. The number of ether oxygens (including phenoxy) is 2. The maximum Gasteiger partial charge on any atom is 0.267 e. The summed E-state index contributed by atoms with van der Waals surface area (Å²) in [6, 6.07) is 15.0. The van der Waals surface area contributed by atoms with Crippen molar-refractivity contribution < 1.29 is 9.47 Å². The smallest absolute Gasteiger partial charge is 0.267 e. The van der Waals surface area contributed by atoms with Crippen LogP contribution in [-0.4, -0.2) is 57.5 Å². The van der Waals surface area contributed by atoms with E-state index in [1.54, 1.807) is 11.7 Å². The highest BCUT2D eigenvalue weighted by atomic mass is 16.5. The summed E-state index contributed by atoms with van der Waals surface area (Å²) < 4.78 is 14.4. The van der Waals surface area contributed by atoms with Crippen molar-refractivity contribution in [2.24, 2.45) is 0 Å². The second-order valence-electron chi connectivity index (χ2n) is 7.00. The Hall–Kier alpha value is -3.23. The topological polar surface area (TPSA) is 73.9 Å². The van der Waals surface area contributed by atoms with Gasteiger partial charge in [-0.15, -0.1) is 10.2 Å². The van der Waals surface area contributed by atoms with Gasteiger partial charge in [0.2, 0.25) is 5.78 Å². The molecule has 3 heterocycles. The zero-order valence-corrected chi connectivity index (χ0v) is 16.1. The number of methoxy groups -OCH3 is 1. The third kappa shape index (κ3) is 3.06. The van der Waals surface area contributed by atoms with Gasteiger partial charge in [0.05, 0.1) is 43.5 Å². The Kier molecular flexibility index (Phi) is 4.49. The number of fused-ring (bicyclic) bond motifs is 3. The lowest BCUT2D eigenvalue weighted by molar-refractivity contribution is 0.0329. The SMILES string of the molecule is COc1cccc(-n2c(=O)c3ccccc3n3c(CN4CCOCC4)nnc23)c1. The number of aromatic nitrogens is 4. The third-order valence-electron chi connectivity index (χ3n) is 5.27. The molecule has 0 spiro atoms. The number of hydrogen-bond donors (Lipinski definition) is 0. The van der Waals surface area contributed by atoms with Crippen LogP contribution < -0.4 is 10.3 Å². The minimum atomic E-state index is -0.133. The fourth-order valence-electron chi connectivity index (χ4n) is 3.80. The molecule has 4 aromatic rings. The van der Waals surface area contributed by atoms with Crippen molar-refractivity contribution in [3.05, 3.63) is 64.7 Å². The highest BCUT2D eigenvalue weighted by molar-refractivity contribution is 5.81. The van der Waals surface area contributed by atoms with Crippen molar-refractivity contribution in [2.75, 3.05) is 33.4 Å². The van der Waals surface area contributed by atoms with E-state index in [4.69, 9.17) is 9.47 Å². The summed E-state index contributed by atoms with van der Waals surface area (Å²) in [4.78, 5) is 15.6. The van der Waals surface area contributed by atoms with Crippen LogP contribution in [0.15, 0.2) is 53.3 Å². The molecule has 0 saturated carbocycles. The molecule has 0 atom stereocenters. The second kappa shape index (κ2) is 7.31. The normalized spacial score (nSPS) is 15.2. The van der Waals surface area contributed by atoms with Crippen LogP contribution in [0.2, 0.25) is 0 Å². The van der Waals surface area contributed by atoms with Crippen LogP contribution in [0.1, 0.15) is 5.82 Å². The van der Waals surface area contributed by atoms with E-state index < -0.39 is 0 Å².